The lowest BCUT2D eigenvalue weighted by Gasteiger charge is -2.35. The van der Waals surface area contributed by atoms with Crippen molar-refractivity contribution in [3.8, 4) is 5.75 Å². The van der Waals surface area contributed by atoms with Gasteiger partial charge in [0, 0.05) is 11.4 Å². The summed E-state index contributed by atoms with van der Waals surface area (Å²) in [5, 5.41) is 1.79. The molecule has 0 unspecified atom stereocenters. The number of nitrogens with zero attached hydrogens (tertiary/aromatic N) is 3. The average Bonchev–Trinajstić information content (AvgIpc) is 3.27. The average molecular weight is 401 g/mol. The van der Waals surface area contributed by atoms with Crippen LogP contribution in [0.3, 0.4) is 0 Å². The van der Waals surface area contributed by atoms with E-state index in [1.165, 1.54) is 5.56 Å². The van der Waals surface area contributed by atoms with E-state index in [-0.39, 0.29) is 6.09 Å². The topological polar surface area (TPSA) is 45.2 Å². The summed E-state index contributed by atoms with van der Waals surface area (Å²) in [5.74, 6) is 0.740. The van der Waals surface area contributed by atoms with Crippen LogP contribution in [-0.4, -0.2) is 31.5 Å². The summed E-state index contributed by atoms with van der Waals surface area (Å²) >= 11 is 0. The monoisotopic (exact) mass is 401 g/mol. The van der Waals surface area contributed by atoms with Gasteiger partial charge in [-0.05, 0) is 48.9 Å². The summed E-state index contributed by atoms with van der Waals surface area (Å²) in [5.41, 5.74) is 3.30. The molecule has 0 saturated carbocycles. The number of hydrogen-bond donors (Lipinski definition) is 0. The molecule has 0 radical (unpaired) electrons. The standard InChI is InChI=1S/C24H23N3O3/c1-18-8-10-20(11-9-18)25-16-24(19-6-4-3-5-7-19)26(17-25)30-23(28)27(24)21-12-14-22(29-2)15-13-21/h3-15H,16-17H2,1-2H3/t24-/m1/s1. The minimum atomic E-state index is -0.766. The number of ether oxygens (including phenoxy) is 1. The van der Waals surface area contributed by atoms with E-state index in [9.17, 15) is 4.79 Å². The molecule has 6 nitrogen and oxygen atoms in total. The van der Waals surface area contributed by atoms with Gasteiger partial charge in [0.2, 0.25) is 0 Å². The molecular formula is C24H23N3O3. The Morgan fingerprint density at radius 2 is 1.57 bits per heavy atom. The van der Waals surface area contributed by atoms with E-state index in [4.69, 9.17) is 9.57 Å². The molecule has 152 valence electrons. The predicted molar refractivity (Wildman–Crippen MR) is 115 cm³/mol. The van der Waals surface area contributed by atoms with Crippen molar-refractivity contribution in [2.75, 3.05) is 30.1 Å². The SMILES string of the molecule is COc1ccc(N2C(=O)ON3CN(c4ccc(C)cc4)C[C@@]32c2ccccc2)cc1. The number of carbonyl (C=O) groups is 1. The Morgan fingerprint density at radius 3 is 2.23 bits per heavy atom. The maximum Gasteiger partial charge on any atom is 0.435 e. The van der Waals surface area contributed by atoms with Crippen LogP contribution in [0, 0.1) is 6.92 Å². The summed E-state index contributed by atoms with van der Waals surface area (Å²) in [7, 11) is 1.63. The lowest BCUT2D eigenvalue weighted by atomic mass is 9.97. The van der Waals surface area contributed by atoms with Gasteiger partial charge in [0.25, 0.3) is 0 Å². The van der Waals surface area contributed by atoms with Gasteiger partial charge in [0.15, 0.2) is 5.66 Å². The maximum atomic E-state index is 13.0. The van der Waals surface area contributed by atoms with Gasteiger partial charge in [-0.1, -0.05) is 53.1 Å². The molecule has 5 rings (SSSR count). The zero-order valence-corrected chi connectivity index (χ0v) is 17.0. The number of benzene rings is 3. The fourth-order valence-corrected chi connectivity index (χ4v) is 4.29. The van der Waals surface area contributed by atoms with Crippen molar-refractivity contribution in [3.63, 3.8) is 0 Å². The van der Waals surface area contributed by atoms with Crippen molar-refractivity contribution >= 4 is 17.5 Å². The van der Waals surface area contributed by atoms with Gasteiger partial charge >= 0.3 is 6.09 Å². The third kappa shape index (κ3) is 2.80. The fourth-order valence-electron chi connectivity index (χ4n) is 4.29. The normalized spacial score (nSPS) is 20.9. The Bertz CT molecular complexity index is 1050. The number of aryl methyl sites for hydroxylation is 1. The molecule has 0 aromatic heterocycles. The van der Waals surface area contributed by atoms with E-state index in [1.54, 1.807) is 17.1 Å². The molecule has 0 N–H and O–H groups in total. The molecule has 2 aliphatic rings. The lowest BCUT2D eigenvalue weighted by Crippen LogP contribution is -2.50. The molecule has 2 saturated heterocycles. The number of methoxy groups -OCH3 is 1. The van der Waals surface area contributed by atoms with Crippen LogP contribution in [0.25, 0.3) is 0 Å². The third-order valence-electron chi connectivity index (χ3n) is 5.83. The van der Waals surface area contributed by atoms with Gasteiger partial charge in [-0.3, -0.25) is 0 Å². The first kappa shape index (κ1) is 18.5. The zero-order valence-electron chi connectivity index (χ0n) is 17.0. The number of rotatable bonds is 4. The van der Waals surface area contributed by atoms with Crippen LogP contribution < -0.4 is 14.5 Å². The van der Waals surface area contributed by atoms with Crippen LogP contribution in [0.1, 0.15) is 11.1 Å². The molecular weight excluding hydrogens is 378 g/mol. The molecule has 3 aromatic carbocycles. The summed E-state index contributed by atoms with van der Waals surface area (Å²) in [6.07, 6.45) is -0.382. The number of hydroxylamine groups is 2. The molecule has 0 spiro atoms. The van der Waals surface area contributed by atoms with E-state index in [0.29, 0.717) is 13.2 Å². The van der Waals surface area contributed by atoms with Crippen LogP contribution in [0.15, 0.2) is 78.9 Å². The van der Waals surface area contributed by atoms with Crippen LogP contribution in [0.4, 0.5) is 16.2 Å². The van der Waals surface area contributed by atoms with Crippen molar-refractivity contribution in [1.82, 2.24) is 5.06 Å². The number of fused-ring (bicyclic) bond motifs is 1. The largest absolute Gasteiger partial charge is 0.497 e. The van der Waals surface area contributed by atoms with Gasteiger partial charge < -0.3 is 14.5 Å². The highest BCUT2D eigenvalue weighted by atomic mass is 16.8. The minimum absolute atomic E-state index is 0.382. The molecule has 2 aliphatic heterocycles. The number of amides is 1. The highest BCUT2D eigenvalue weighted by Crippen LogP contribution is 2.47. The van der Waals surface area contributed by atoms with Gasteiger partial charge in [-0.2, -0.15) is 0 Å². The van der Waals surface area contributed by atoms with Crippen LogP contribution >= 0.6 is 0 Å². The Balaban J connectivity index is 1.61. The minimum Gasteiger partial charge on any atom is -0.497 e. The number of anilines is 2. The Morgan fingerprint density at radius 1 is 0.900 bits per heavy atom. The second kappa shape index (κ2) is 7.07. The molecule has 3 aromatic rings. The second-order valence-corrected chi connectivity index (χ2v) is 7.63. The molecule has 1 amide bonds. The molecule has 2 heterocycles. The van der Waals surface area contributed by atoms with Crippen molar-refractivity contribution < 1.29 is 14.4 Å². The highest BCUT2D eigenvalue weighted by Gasteiger charge is 2.61. The van der Waals surface area contributed by atoms with Crippen molar-refractivity contribution in [1.29, 1.82) is 0 Å². The summed E-state index contributed by atoms with van der Waals surface area (Å²) in [4.78, 5) is 22.8. The molecule has 0 aliphatic carbocycles. The fraction of sp³-hybridized carbons (Fsp3) is 0.208. The first-order valence-electron chi connectivity index (χ1n) is 9.93. The van der Waals surface area contributed by atoms with Gasteiger partial charge in [0.1, 0.15) is 12.4 Å². The summed E-state index contributed by atoms with van der Waals surface area (Å²) in [6.45, 7) is 3.14. The lowest BCUT2D eigenvalue weighted by molar-refractivity contribution is -0.105. The van der Waals surface area contributed by atoms with E-state index in [2.05, 4.69) is 36.1 Å². The first-order chi connectivity index (χ1) is 14.6. The summed E-state index contributed by atoms with van der Waals surface area (Å²) in [6, 6.07) is 26.0. The van der Waals surface area contributed by atoms with Gasteiger partial charge in [-0.25, -0.2) is 9.69 Å². The van der Waals surface area contributed by atoms with E-state index >= 15 is 0 Å². The molecule has 30 heavy (non-hydrogen) atoms. The number of carbonyl (C=O) groups excluding carboxylic acids is 1. The van der Waals surface area contributed by atoms with Crippen molar-refractivity contribution in [2.24, 2.45) is 0 Å². The Hall–Kier alpha value is -3.51. The van der Waals surface area contributed by atoms with Crippen LogP contribution in [-0.2, 0) is 10.5 Å². The zero-order chi connectivity index (χ0) is 20.7. The summed E-state index contributed by atoms with van der Waals surface area (Å²) < 4.78 is 5.29. The smallest absolute Gasteiger partial charge is 0.435 e. The van der Waals surface area contributed by atoms with Crippen LogP contribution in [0.5, 0.6) is 5.75 Å². The second-order valence-electron chi connectivity index (χ2n) is 7.63. The van der Waals surface area contributed by atoms with E-state index < -0.39 is 5.66 Å². The molecule has 1 atom stereocenters. The van der Waals surface area contributed by atoms with E-state index in [1.807, 2.05) is 54.6 Å². The molecule has 0 bridgehead atoms. The Labute approximate surface area is 175 Å². The third-order valence-corrected chi connectivity index (χ3v) is 5.83. The van der Waals surface area contributed by atoms with Crippen molar-refractivity contribution in [2.45, 2.75) is 12.6 Å². The highest BCUT2D eigenvalue weighted by molar-refractivity contribution is 5.92. The van der Waals surface area contributed by atoms with Gasteiger partial charge in [0.05, 0.1) is 13.7 Å². The molecule has 2 fully saturated rings. The van der Waals surface area contributed by atoms with Gasteiger partial charge in [-0.15, -0.1) is 0 Å². The predicted octanol–water partition coefficient (Wildman–Crippen LogP) is 4.51. The van der Waals surface area contributed by atoms with E-state index in [0.717, 1.165) is 22.7 Å². The number of hydrogen-bond acceptors (Lipinski definition) is 5. The quantitative estimate of drug-likeness (QED) is 0.644. The Kier molecular flexibility index (Phi) is 4.37. The molecule has 6 heteroatoms. The van der Waals surface area contributed by atoms with Crippen LogP contribution in [0.2, 0.25) is 0 Å². The van der Waals surface area contributed by atoms with Crippen molar-refractivity contribution in [3.05, 3.63) is 90.0 Å². The first-order valence-corrected chi connectivity index (χ1v) is 9.93. The maximum absolute atomic E-state index is 13.0.